The number of hydrogen-bond acceptors (Lipinski definition) is 5. The second kappa shape index (κ2) is 10.1. The first kappa shape index (κ1) is 25.2. The largest absolute Gasteiger partial charge is 0.491 e. The molecule has 0 spiro atoms. The molecule has 0 saturated carbocycles. The molecule has 4 aromatic rings. The van der Waals surface area contributed by atoms with Crippen molar-refractivity contribution in [3.8, 4) is 16.9 Å². The Kier molecular flexibility index (Phi) is 6.91. The van der Waals surface area contributed by atoms with E-state index in [1.807, 2.05) is 6.07 Å². The van der Waals surface area contributed by atoms with Gasteiger partial charge in [0.2, 0.25) is 10.0 Å². The molecule has 3 N–H and O–H groups in total. The molecule has 0 radical (unpaired) electrons. The Balaban J connectivity index is 1.35. The van der Waals surface area contributed by atoms with Crippen molar-refractivity contribution in [2.24, 2.45) is 5.73 Å². The van der Waals surface area contributed by atoms with E-state index in [4.69, 9.17) is 26.8 Å². The quantitative estimate of drug-likeness (QED) is 0.363. The molecular weight excluding hydrogens is 521 g/mol. The summed E-state index contributed by atoms with van der Waals surface area (Å²) in [4.78, 5) is 14.7. The van der Waals surface area contributed by atoms with E-state index in [-0.39, 0.29) is 48.1 Å². The molecule has 3 aromatic carbocycles. The molecule has 1 unspecified atom stereocenters. The number of rotatable bonds is 7. The summed E-state index contributed by atoms with van der Waals surface area (Å²) in [6.07, 6.45) is -0.563. The normalized spacial score (nSPS) is 16.6. The van der Waals surface area contributed by atoms with Crippen LogP contribution in [0.2, 0.25) is 5.02 Å². The van der Waals surface area contributed by atoms with Crippen molar-refractivity contribution in [3.05, 3.63) is 83.3 Å². The van der Waals surface area contributed by atoms with Crippen molar-refractivity contribution < 1.29 is 27.1 Å². The molecule has 1 aliphatic rings. The van der Waals surface area contributed by atoms with E-state index in [2.05, 4.69) is 4.98 Å². The van der Waals surface area contributed by atoms with Crippen LogP contribution in [-0.2, 0) is 14.8 Å². The van der Waals surface area contributed by atoms with Gasteiger partial charge in [0.05, 0.1) is 6.61 Å². The fourth-order valence-electron chi connectivity index (χ4n) is 4.34. The number of primary amides is 1. The lowest BCUT2D eigenvalue weighted by atomic mass is 10.1. The van der Waals surface area contributed by atoms with Gasteiger partial charge >= 0.3 is 0 Å². The third-order valence-corrected chi connectivity index (χ3v) is 8.27. The number of nitrogens with zero attached hydrogens (tertiary/aromatic N) is 1. The zero-order chi connectivity index (χ0) is 26.2. The van der Waals surface area contributed by atoms with Gasteiger partial charge < -0.3 is 20.2 Å². The molecular formula is C26H23ClFN3O5S. The zero-order valence-corrected chi connectivity index (χ0v) is 21.1. The smallest absolute Gasteiger partial charge is 0.266 e. The number of morpholine rings is 1. The molecule has 1 aromatic heterocycles. The first-order chi connectivity index (χ1) is 17.7. The summed E-state index contributed by atoms with van der Waals surface area (Å²) < 4.78 is 53.9. The van der Waals surface area contributed by atoms with Crippen molar-refractivity contribution in [1.82, 2.24) is 9.29 Å². The predicted molar refractivity (Wildman–Crippen MR) is 138 cm³/mol. The van der Waals surface area contributed by atoms with Crippen LogP contribution in [0.3, 0.4) is 0 Å². The average Bonchev–Trinajstić information content (AvgIpc) is 3.28. The maximum Gasteiger partial charge on any atom is 0.266 e. The highest BCUT2D eigenvalue weighted by atomic mass is 35.5. The highest BCUT2D eigenvalue weighted by Crippen LogP contribution is 2.32. The molecule has 2 heterocycles. The van der Waals surface area contributed by atoms with Gasteiger partial charge in [-0.25, -0.2) is 12.8 Å². The van der Waals surface area contributed by atoms with Gasteiger partial charge in [-0.05, 0) is 53.6 Å². The Morgan fingerprint density at radius 3 is 2.65 bits per heavy atom. The first-order valence-electron chi connectivity index (χ1n) is 11.4. The zero-order valence-electron chi connectivity index (χ0n) is 19.5. The Morgan fingerprint density at radius 2 is 1.89 bits per heavy atom. The number of amides is 1. The van der Waals surface area contributed by atoms with Crippen LogP contribution in [0, 0.1) is 5.82 Å². The van der Waals surface area contributed by atoms with E-state index in [9.17, 15) is 17.6 Å². The average molecular weight is 544 g/mol. The Hall–Kier alpha value is -3.44. The molecule has 37 heavy (non-hydrogen) atoms. The van der Waals surface area contributed by atoms with E-state index in [1.54, 1.807) is 42.5 Å². The molecule has 1 amide bonds. The van der Waals surface area contributed by atoms with Crippen molar-refractivity contribution in [2.75, 3.05) is 26.3 Å². The van der Waals surface area contributed by atoms with Gasteiger partial charge in [0.25, 0.3) is 5.91 Å². The molecule has 0 aliphatic carbocycles. The number of aromatic nitrogens is 1. The molecule has 0 bridgehead atoms. The van der Waals surface area contributed by atoms with E-state index < -0.39 is 22.0 Å². The third-order valence-electron chi connectivity index (χ3n) is 6.09. The molecule has 1 fully saturated rings. The van der Waals surface area contributed by atoms with E-state index >= 15 is 0 Å². The van der Waals surface area contributed by atoms with Gasteiger partial charge in [-0.1, -0.05) is 35.9 Å². The van der Waals surface area contributed by atoms with Crippen molar-refractivity contribution in [3.63, 3.8) is 0 Å². The van der Waals surface area contributed by atoms with Crippen LogP contribution < -0.4 is 10.5 Å². The van der Waals surface area contributed by atoms with Crippen molar-refractivity contribution in [1.29, 1.82) is 0 Å². The lowest BCUT2D eigenvalue weighted by molar-refractivity contribution is -0.0249. The predicted octanol–water partition coefficient (Wildman–Crippen LogP) is 4.19. The first-order valence-corrected chi connectivity index (χ1v) is 13.3. The van der Waals surface area contributed by atoms with Gasteiger partial charge in [0, 0.05) is 29.0 Å². The lowest BCUT2D eigenvalue weighted by Crippen LogP contribution is -2.47. The molecule has 192 valence electrons. The van der Waals surface area contributed by atoms with Crippen LogP contribution >= 0.6 is 11.6 Å². The number of nitrogens with two attached hydrogens (primary N) is 1. The number of hydrogen-bond donors (Lipinski definition) is 2. The van der Waals surface area contributed by atoms with Gasteiger partial charge in [-0.2, -0.15) is 4.31 Å². The number of aromatic amines is 1. The summed E-state index contributed by atoms with van der Waals surface area (Å²) in [5, 5.41) is 0.613. The van der Waals surface area contributed by atoms with Crippen molar-refractivity contribution >= 4 is 38.4 Å². The number of ether oxygens (including phenoxy) is 2. The summed E-state index contributed by atoms with van der Waals surface area (Å²) >= 11 is 6.10. The molecule has 8 nitrogen and oxygen atoms in total. The van der Waals surface area contributed by atoms with E-state index in [1.165, 1.54) is 22.5 Å². The summed E-state index contributed by atoms with van der Waals surface area (Å²) in [5.41, 5.74) is 7.21. The van der Waals surface area contributed by atoms with Crippen LogP contribution in [-0.4, -0.2) is 56.0 Å². The number of fused-ring (bicyclic) bond motifs is 1. The van der Waals surface area contributed by atoms with Crippen LogP contribution in [0.1, 0.15) is 10.5 Å². The molecule has 1 aliphatic heterocycles. The Bertz CT molecular complexity index is 1590. The fraction of sp³-hybridized carbons (Fsp3) is 0.192. The minimum Gasteiger partial charge on any atom is -0.491 e. The third kappa shape index (κ3) is 5.19. The summed E-state index contributed by atoms with van der Waals surface area (Å²) in [6.45, 7) is 0.337. The number of halogens is 2. The van der Waals surface area contributed by atoms with Crippen LogP contribution in [0.5, 0.6) is 5.75 Å². The van der Waals surface area contributed by atoms with E-state index in [0.29, 0.717) is 21.9 Å². The van der Waals surface area contributed by atoms with E-state index in [0.717, 1.165) is 5.56 Å². The van der Waals surface area contributed by atoms with Gasteiger partial charge in [0.1, 0.15) is 34.9 Å². The highest BCUT2D eigenvalue weighted by Gasteiger charge is 2.36. The summed E-state index contributed by atoms with van der Waals surface area (Å²) in [6, 6.07) is 18.1. The number of H-pyrrole nitrogens is 1. The van der Waals surface area contributed by atoms with Gasteiger partial charge in [0.15, 0.2) is 0 Å². The van der Waals surface area contributed by atoms with Gasteiger partial charge in [-0.3, -0.25) is 4.79 Å². The molecule has 5 rings (SSSR count). The summed E-state index contributed by atoms with van der Waals surface area (Å²) in [5.74, 6) is -0.692. The number of benzene rings is 3. The van der Waals surface area contributed by atoms with Crippen LogP contribution in [0.25, 0.3) is 22.0 Å². The van der Waals surface area contributed by atoms with Crippen LogP contribution in [0.4, 0.5) is 4.39 Å². The SMILES string of the molecule is NC(=O)c1[nH]c2ccc(Cl)cc2c1S(=O)(=O)N1CCOC(COc2cccc(-c3cccc(F)c3)c2)C1. The lowest BCUT2D eigenvalue weighted by Gasteiger charge is -2.32. The highest BCUT2D eigenvalue weighted by molar-refractivity contribution is 7.89. The second-order valence-corrected chi connectivity index (χ2v) is 10.9. The number of sulfonamides is 1. The standard InChI is InChI=1S/C26H23ClFN3O5S/c27-18-7-8-23-22(13-18)25(24(30-23)26(29)32)37(33,34)31-9-10-35-21(14-31)15-36-20-6-2-4-17(12-20)16-3-1-5-19(28)11-16/h1-8,11-13,21,30H,9-10,14-15H2,(H2,29,32). The maximum absolute atomic E-state index is 13.7. The Labute approximate surface area is 217 Å². The number of nitrogens with one attached hydrogen (secondary N) is 1. The second-order valence-electron chi connectivity index (χ2n) is 8.59. The van der Waals surface area contributed by atoms with Crippen LogP contribution in [0.15, 0.2) is 71.6 Å². The monoisotopic (exact) mass is 543 g/mol. The minimum absolute atomic E-state index is 0.0113. The fourth-order valence-corrected chi connectivity index (χ4v) is 6.31. The van der Waals surface area contributed by atoms with Gasteiger partial charge in [-0.15, -0.1) is 0 Å². The molecule has 1 atom stereocenters. The number of carbonyl (C=O) groups is 1. The Morgan fingerprint density at radius 1 is 1.14 bits per heavy atom. The summed E-state index contributed by atoms with van der Waals surface area (Å²) in [7, 11) is -4.13. The minimum atomic E-state index is -4.13. The molecule has 1 saturated heterocycles. The van der Waals surface area contributed by atoms with Crippen molar-refractivity contribution in [2.45, 2.75) is 11.0 Å². The number of carbonyl (C=O) groups excluding carboxylic acids is 1. The maximum atomic E-state index is 13.7. The molecule has 11 heteroatoms. The topological polar surface area (TPSA) is 115 Å².